The van der Waals surface area contributed by atoms with Crippen molar-refractivity contribution in [3.8, 4) is 0 Å². The second-order valence-corrected chi connectivity index (χ2v) is 3.97. The molecule has 0 spiro atoms. The van der Waals surface area contributed by atoms with Crippen LogP contribution >= 0.6 is 15.9 Å². The van der Waals surface area contributed by atoms with E-state index in [2.05, 4.69) is 26.2 Å². The second-order valence-electron chi connectivity index (χ2n) is 3.05. The number of anilines is 1. The lowest BCUT2D eigenvalue weighted by atomic mass is 10.3. The highest BCUT2D eigenvalue weighted by Gasteiger charge is 2.14. The largest absolute Gasteiger partial charge is 0.385 e. The fourth-order valence-corrected chi connectivity index (χ4v) is 1.45. The molecule has 0 bridgehead atoms. The molecule has 1 aromatic rings. The lowest BCUT2D eigenvalue weighted by Gasteiger charge is -2.05. The standard InChI is InChI=1S/C9H12BrN3O3/c1-16-4-2-3-11-9-8(13(14)15)5-7(10)6-12-9/h5-6H,2-4H2,1H3,(H,11,12). The third-order valence-electron chi connectivity index (χ3n) is 1.85. The summed E-state index contributed by atoms with van der Waals surface area (Å²) in [6.45, 7) is 1.20. The molecular weight excluding hydrogens is 278 g/mol. The number of methoxy groups -OCH3 is 1. The first-order valence-corrected chi connectivity index (χ1v) is 5.47. The van der Waals surface area contributed by atoms with E-state index in [9.17, 15) is 10.1 Å². The van der Waals surface area contributed by atoms with E-state index in [1.165, 1.54) is 12.3 Å². The Bertz CT molecular complexity index is 373. The van der Waals surface area contributed by atoms with E-state index in [1.54, 1.807) is 7.11 Å². The monoisotopic (exact) mass is 289 g/mol. The first-order chi connectivity index (χ1) is 7.65. The van der Waals surface area contributed by atoms with Gasteiger partial charge in [0.15, 0.2) is 0 Å². The fourth-order valence-electron chi connectivity index (χ4n) is 1.13. The van der Waals surface area contributed by atoms with Gasteiger partial charge in [-0.2, -0.15) is 0 Å². The van der Waals surface area contributed by atoms with Crippen LogP contribution in [0.4, 0.5) is 11.5 Å². The molecule has 1 aromatic heterocycles. The first kappa shape index (κ1) is 12.9. The Balaban J connectivity index is 2.67. The van der Waals surface area contributed by atoms with Crippen molar-refractivity contribution in [3.63, 3.8) is 0 Å². The number of pyridine rings is 1. The minimum atomic E-state index is -0.462. The highest BCUT2D eigenvalue weighted by molar-refractivity contribution is 9.10. The molecule has 0 fully saturated rings. The number of nitrogens with one attached hydrogen (secondary N) is 1. The fraction of sp³-hybridized carbons (Fsp3) is 0.444. The molecule has 0 amide bonds. The molecule has 0 saturated heterocycles. The van der Waals surface area contributed by atoms with Gasteiger partial charge in [0.2, 0.25) is 5.82 Å². The minimum absolute atomic E-state index is 0.0354. The zero-order valence-corrected chi connectivity index (χ0v) is 10.4. The number of hydrogen-bond donors (Lipinski definition) is 1. The molecule has 88 valence electrons. The molecule has 7 heteroatoms. The summed E-state index contributed by atoms with van der Waals surface area (Å²) < 4.78 is 5.46. The van der Waals surface area contributed by atoms with Crippen molar-refractivity contribution in [2.24, 2.45) is 0 Å². The van der Waals surface area contributed by atoms with Gasteiger partial charge in [-0.3, -0.25) is 10.1 Å². The summed E-state index contributed by atoms with van der Waals surface area (Å²) >= 11 is 3.14. The lowest BCUT2D eigenvalue weighted by molar-refractivity contribution is -0.384. The predicted octanol–water partition coefficient (Wildman–Crippen LogP) is 2.20. The van der Waals surface area contributed by atoms with E-state index in [4.69, 9.17) is 4.74 Å². The summed E-state index contributed by atoms with van der Waals surface area (Å²) in [5.41, 5.74) is -0.0354. The molecule has 0 radical (unpaired) electrons. The highest BCUT2D eigenvalue weighted by Crippen LogP contribution is 2.24. The van der Waals surface area contributed by atoms with E-state index >= 15 is 0 Å². The molecule has 0 saturated carbocycles. The lowest BCUT2D eigenvalue weighted by Crippen LogP contribution is -2.08. The van der Waals surface area contributed by atoms with Crippen LogP contribution in [-0.4, -0.2) is 30.2 Å². The quantitative estimate of drug-likeness (QED) is 0.493. The third kappa shape index (κ3) is 3.74. The molecule has 0 aliphatic heterocycles. The molecular formula is C9H12BrN3O3. The maximum Gasteiger partial charge on any atom is 0.312 e. The van der Waals surface area contributed by atoms with Crippen molar-refractivity contribution in [1.82, 2.24) is 4.98 Å². The first-order valence-electron chi connectivity index (χ1n) is 4.68. The van der Waals surface area contributed by atoms with E-state index in [0.717, 1.165) is 6.42 Å². The normalized spacial score (nSPS) is 10.1. The number of nitro groups is 1. The van der Waals surface area contributed by atoms with Crippen molar-refractivity contribution < 1.29 is 9.66 Å². The smallest absolute Gasteiger partial charge is 0.312 e. The Kier molecular flexibility index (Phi) is 5.13. The maximum atomic E-state index is 10.7. The van der Waals surface area contributed by atoms with Crippen LogP contribution in [0.1, 0.15) is 6.42 Å². The molecule has 0 unspecified atom stereocenters. The summed E-state index contributed by atoms with van der Waals surface area (Å²) in [6, 6.07) is 1.42. The molecule has 6 nitrogen and oxygen atoms in total. The highest BCUT2D eigenvalue weighted by atomic mass is 79.9. The van der Waals surface area contributed by atoms with Crippen molar-refractivity contribution in [2.75, 3.05) is 25.6 Å². The topological polar surface area (TPSA) is 77.3 Å². The molecule has 1 heterocycles. The summed E-state index contributed by atoms with van der Waals surface area (Å²) in [5, 5.41) is 13.6. The molecule has 16 heavy (non-hydrogen) atoms. The van der Waals surface area contributed by atoms with Crippen LogP contribution < -0.4 is 5.32 Å². The predicted molar refractivity (Wildman–Crippen MR) is 63.6 cm³/mol. The summed E-state index contributed by atoms with van der Waals surface area (Å²) in [4.78, 5) is 14.2. The zero-order valence-electron chi connectivity index (χ0n) is 8.77. The van der Waals surface area contributed by atoms with Crippen LogP contribution in [-0.2, 0) is 4.74 Å². The molecule has 1 rings (SSSR count). The van der Waals surface area contributed by atoms with Crippen LogP contribution in [0.2, 0.25) is 0 Å². The Hall–Kier alpha value is -1.21. The SMILES string of the molecule is COCCCNc1ncc(Br)cc1[N+](=O)[O-]. The van der Waals surface area contributed by atoms with Crippen LogP contribution in [0, 0.1) is 10.1 Å². The molecule has 0 atom stereocenters. The molecule has 0 aliphatic rings. The van der Waals surface area contributed by atoms with Gasteiger partial charge in [-0.15, -0.1) is 0 Å². The summed E-state index contributed by atoms with van der Waals surface area (Å²) in [5.74, 6) is 0.282. The van der Waals surface area contributed by atoms with Gasteiger partial charge in [0, 0.05) is 37.0 Å². The number of halogens is 1. The van der Waals surface area contributed by atoms with Crippen LogP contribution in [0.3, 0.4) is 0 Å². The average Bonchev–Trinajstić information content (AvgIpc) is 2.26. The summed E-state index contributed by atoms with van der Waals surface area (Å²) in [6.07, 6.45) is 2.29. The Labute approximate surface area is 101 Å². The van der Waals surface area contributed by atoms with Crippen LogP contribution in [0.5, 0.6) is 0 Å². The molecule has 0 aliphatic carbocycles. The van der Waals surface area contributed by atoms with Gasteiger partial charge in [0.1, 0.15) is 0 Å². The minimum Gasteiger partial charge on any atom is -0.385 e. The number of ether oxygens (including phenoxy) is 1. The summed E-state index contributed by atoms with van der Waals surface area (Å²) in [7, 11) is 1.61. The number of aromatic nitrogens is 1. The van der Waals surface area contributed by atoms with Gasteiger partial charge in [-0.1, -0.05) is 0 Å². The van der Waals surface area contributed by atoms with Crippen molar-refractivity contribution in [1.29, 1.82) is 0 Å². The van der Waals surface area contributed by atoms with Gasteiger partial charge >= 0.3 is 5.69 Å². The van der Waals surface area contributed by atoms with Crippen LogP contribution in [0.15, 0.2) is 16.7 Å². The van der Waals surface area contributed by atoms with E-state index in [-0.39, 0.29) is 11.5 Å². The van der Waals surface area contributed by atoms with E-state index < -0.39 is 4.92 Å². The third-order valence-corrected chi connectivity index (χ3v) is 2.28. The van der Waals surface area contributed by atoms with Crippen molar-refractivity contribution in [2.45, 2.75) is 6.42 Å². The molecule has 0 aromatic carbocycles. The van der Waals surface area contributed by atoms with Crippen molar-refractivity contribution >= 4 is 27.4 Å². The number of nitrogens with zero attached hydrogens (tertiary/aromatic N) is 2. The van der Waals surface area contributed by atoms with E-state index in [1.807, 2.05) is 0 Å². The molecule has 1 N–H and O–H groups in total. The number of rotatable bonds is 6. The van der Waals surface area contributed by atoms with Gasteiger partial charge in [-0.05, 0) is 22.4 Å². The zero-order chi connectivity index (χ0) is 12.0. The van der Waals surface area contributed by atoms with E-state index in [0.29, 0.717) is 17.6 Å². The number of hydrogen-bond acceptors (Lipinski definition) is 5. The van der Waals surface area contributed by atoms with Gasteiger partial charge < -0.3 is 10.1 Å². The average molecular weight is 290 g/mol. The second kappa shape index (κ2) is 6.39. The van der Waals surface area contributed by atoms with Gasteiger partial charge in [0.05, 0.1) is 4.92 Å². The van der Waals surface area contributed by atoms with Crippen LogP contribution in [0.25, 0.3) is 0 Å². The maximum absolute atomic E-state index is 10.7. The Morgan fingerprint density at radius 3 is 3.06 bits per heavy atom. The Morgan fingerprint density at radius 1 is 1.69 bits per heavy atom. The van der Waals surface area contributed by atoms with Gasteiger partial charge in [0.25, 0.3) is 0 Å². The Morgan fingerprint density at radius 2 is 2.44 bits per heavy atom. The van der Waals surface area contributed by atoms with Gasteiger partial charge in [-0.25, -0.2) is 4.98 Å². The van der Waals surface area contributed by atoms with Crippen molar-refractivity contribution in [3.05, 3.63) is 26.9 Å².